The van der Waals surface area contributed by atoms with Crippen LogP contribution >= 0.6 is 0 Å². The zero-order chi connectivity index (χ0) is 14.0. The van der Waals surface area contributed by atoms with E-state index in [1.54, 1.807) is 0 Å². The SMILES string of the molecule is Oc1ccc(NC2CCCC(C(F)(F)F)C2)cc1F. The molecular formula is C13H15F4NO. The second kappa shape index (κ2) is 5.27. The van der Waals surface area contributed by atoms with Gasteiger partial charge in [-0.2, -0.15) is 13.2 Å². The Hall–Kier alpha value is -1.46. The average molecular weight is 277 g/mol. The molecule has 0 bridgehead atoms. The van der Waals surface area contributed by atoms with E-state index in [0.717, 1.165) is 6.07 Å². The van der Waals surface area contributed by atoms with Gasteiger partial charge in [-0.3, -0.25) is 0 Å². The molecule has 19 heavy (non-hydrogen) atoms. The van der Waals surface area contributed by atoms with Crippen molar-refractivity contribution in [2.24, 2.45) is 5.92 Å². The largest absolute Gasteiger partial charge is 0.505 e. The van der Waals surface area contributed by atoms with Crippen LogP contribution in [0.3, 0.4) is 0 Å². The van der Waals surface area contributed by atoms with E-state index < -0.39 is 23.7 Å². The Morgan fingerprint density at radius 3 is 2.58 bits per heavy atom. The molecule has 106 valence electrons. The molecule has 0 aliphatic heterocycles. The standard InChI is InChI=1S/C13H15F4NO/c14-11-7-10(4-5-12(11)19)18-9-3-1-2-8(6-9)13(15,16)17/h4-5,7-9,18-19H,1-3,6H2. The van der Waals surface area contributed by atoms with Crippen molar-refractivity contribution < 1.29 is 22.7 Å². The van der Waals surface area contributed by atoms with E-state index in [2.05, 4.69) is 5.32 Å². The predicted octanol–water partition coefficient (Wildman–Crippen LogP) is 4.06. The van der Waals surface area contributed by atoms with Crippen LogP contribution in [-0.2, 0) is 0 Å². The van der Waals surface area contributed by atoms with Crippen molar-refractivity contribution in [1.82, 2.24) is 0 Å². The number of halogens is 4. The summed E-state index contributed by atoms with van der Waals surface area (Å²) in [6.07, 6.45) is -2.87. The molecule has 1 aliphatic carbocycles. The van der Waals surface area contributed by atoms with Crippen LogP contribution in [0.25, 0.3) is 0 Å². The maximum atomic E-state index is 13.1. The molecule has 1 aliphatic rings. The fourth-order valence-electron chi connectivity index (χ4n) is 2.45. The maximum absolute atomic E-state index is 13.1. The van der Waals surface area contributed by atoms with Crippen LogP contribution in [-0.4, -0.2) is 17.3 Å². The summed E-state index contributed by atoms with van der Waals surface area (Å²) in [4.78, 5) is 0. The summed E-state index contributed by atoms with van der Waals surface area (Å²) in [5.74, 6) is -2.55. The van der Waals surface area contributed by atoms with Crippen molar-refractivity contribution in [3.63, 3.8) is 0 Å². The number of hydrogen-bond donors (Lipinski definition) is 2. The van der Waals surface area contributed by atoms with Gasteiger partial charge in [-0.05, 0) is 31.4 Å². The van der Waals surface area contributed by atoms with Gasteiger partial charge in [0.1, 0.15) is 0 Å². The molecule has 0 heterocycles. The topological polar surface area (TPSA) is 32.3 Å². The Kier molecular flexibility index (Phi) is 3.87. The molecule has 2 rings (SSSR count). The highest BCUT2D eigenvalue weighted by Gasteiger charge is 2.42. The molecule has 2 unspecified atom stereocenters. The molecule has 2 nitrogen and oxygen atoms in total. The van der Waals surface area contributed by atoms with Crippen molar-refractivity contribution >= 4 is 5.69 Å². The quantitative estimate of drug-likeness (QED) is 0.631. The number of benzene rings is 1. The minimum absolute atomic E-state index is 0.00595. The van der Waals surface area contributed by atoms with Crippen molar-refractivity contribution in [2.75, 3.05) is 5.32 Å². The van der Waals surface area contributed by atoms with Gasteiger partial charge in [-0.1, -0.05) is 6.42 Å². The van der Waals surface area contributed by atoms with Crippen molar-refractivity contribution in [2.45, 2.75) is 37.9 Å². The minimum Gasteiger partial charge on any atom is -0.505 e. The summed E-state index contributed by atoms with van der Waals surface area (Å²) < 4.78 is 51.1. The van der Waals surface area contributed by atoms with Crippen molar-refractivity contribution in [1.29, 1.82) is 0 Å². The molecule has 0 aromatic heterocycles. The molecule has 0 amide bonds. The summed E-state index contributed by atoms with van der Waals surface area (Å²) in [5.41, 5.74) is 0.392. The Balaban J connectivity index is 2.00. The zero-order valence-corrected chi connectivity index (χ0v) is 10.2. The van der Waals surface area contributed by atoms with Gasteiger partial charge in [-0.25, -0.2) is 4.39 Å². The number of phenolic OH excluding ortho intramolecular Hbond substituents is 1. The third kappa shape index (κ3) is 3.52. The molecule has 1 aromatic rings. The zero-order valence-electron chi connectivity index (χ0n) is 10.2. The van der Waals surface area contributed by atoms with Gasteiger partial charge < -0.3 is 10.4 Å². The lowest BCUT2D eigenvalue weighted by atomic mass is 9.85. The minimum atomic E-state index is -4.17. The average Bonchev–Trinajstić information content (AvgIpc) is 2.33. The molecule has 1 aromatic carbocycles. The van der Waals surface area contributed by atoms with Crippen LogP contribution in [0.2, 0.25) is 0 Å². The smallest absolute Gasteiger partial charge is 0.391 e. The Morgan fingerprint density at radius 1 is 1.21 bits per heavy atom. The van der Waals surface area contributed by atoms with Crippen LogP contribution in [0.1, 0.15) is 25.7 Å². The molecule has 0 saturated heterocycles. The Morgan fingerprint density at radius 2 is 1.95 bits per heavy atom. The number of hydrogen-bond acceptors (Lipinski definition) is 2. The van der Waals surface area contributed by atoms with Crippen LogP contribution in [0.5, 0.6) is 5.75 Å². The summed E-state index contributed by atoms with van der Waals surface area (Å²) in [7, 11) is 0. The first-order chi connectivity index (χ1) is 8.86. The van der Waals surface area contributed by atoms with Gasteiger partial charge in [0.25, 0.3) is 0 Å². The maximum Gasteiger partial charge on any atom is 0.391 e. The number of phenols is 1. The molecular weight excluding hydrogens is 262 g/mol. The van der Waals surface area contributed by atoms with Gasteiger partial charge in [0, 0.05) is 17.8 Å². The van der Waals surface area contributed by atoms with Crippen LogP contribution in [0.4, 0.5) is 23.2 Å². The van der Waals surface area contributed by atoms with E-state index in [9.17, 15) is 17.6 Å². The number of rotatable bonds is 2. The van der Waals surface area contributed by atoms with Gasteiger partial charge in [0.05, 0.1) is 5.92 Å². The molecule has 1 saturated carbocycles. The van der Waals surface area contributed by atoms with E-state index in [0.29, 0.717) is 18.5 Å². The fourth-order valence-corrected chi connectivity index (χ4v) is 2.45. The molecule has 6 heteroatoms. The summed E-state index contributed by atoms with van der Waals surface area (Å²) >= 11 is 0. The van der Waals surface area contributed by atoms with Gasteiger partial charge in [0.15, 0.2) is 11.6 Å². The summed E-state index contributed by atoms with van der Waals surface area (Å²) in [6.45, 7) is 0. The molecule has 2 atom stereocenters. The monoisotopic (exact) mass is 277 g/mol. The molecule has 0 spiro atoms. The van der Waals surface area contributed by atoms with Crippen molar-refractivity contribution in [3.05, 3.63) is 24.0 Å². The van der Waals surface area contributed by atoms with Crippen LogP contribution < -0.4 is 5.32 Å². The number of nitrogens with one attached hydrogen (secondary N) is 1. The van der Waals surface area contributed by atoms with E-state index >= 15 is 0 Å². The van der Waals surface area contributed by atoms with E-state index in [1.807, 2.05) is 0 Å². The molecule has 2 N–H and O–H groups in total. The lowest BCUT2D eigenvalue weighted by molar-refractivity contribution is -0.182. The fraction of sp³-hybridized carbons (Fsp3) is 0.538. The first-order valence-electron chi connectivity index (χ1n) is 6.18. The van der Waals surface area contributed by atoms with E-state index in [1.165, 1.54) is 12.1 Å². The van der Waals surface area contributed by atoms with Gasteiger partial charge in [-0.15, -0.1) is 0 Å². The van der Waals surface area contributed by atoms with Gasteiger partial charge in [0.2, 0.25) is 0 Å². The van der Waals surface area contributed by atoms with E-state index in [-0.39, 0.29) is 18.9 Å². The second-order valence-electron chi connectivity index (χ2n) is 4.91. The molecule has 1 fully saturated rings. The van der Waals surface area contributed by atoms with Crippen LogP contribution in [0, 0.1) is 11.7 Å². The third-order valence-corrected chi connectivity index (χ3v) is 3.46. The molecule has 0 radical (unpaired) electrons. The van der Waals surface area contributed by atoms with E-state index in [4.69, 9.17) is 5.11 Å². The number of aromatic hydroxyl groups is 1. The number of anilines is 1. The normalized spacial score (nSPS) is 24.2. The highest BCUT2D eigenvalue weighted by molar-refractivity contribution is 5.47. The predicted molar refractivity (Wildman–Crippen MR) is 63.5 cm³/mol. The highest BCUT2D eigenvalue weighted by atomic mass is 19.4. The van der Waals surface area contributed by atoms with Crippen LogP contribution in [0.15, 0.2) is 18.2 Å². The Bertz CT molecular complexity index is 447. The lowest BCUT2D eigenvalue weighted by Gasteiger charge is -2.31. The highest BCUT2D eigenvalue weighted by Crippen LogP contribution is 2.38. The third-order valence-electron chi connectivity index (χ3n) is 3.46. The summed E-state index contributed by atoms with van der Waals surface area (Å²) in [6, 6.07) is 3.41. The second-order valence-corrected chi connectivity index (χ2v) is 4.91. The lowest BCUT2D eigenvalue weighted by Crippen LogP contribution is -2.34. The number of alkyl halides is 3. The summed E-state index contributed by atoms with van der Waals surface area (Å²) in [5, 5.41) is 11.9. The first kappa shape index (κ1) is 14.0. The first-order valence-corrected chi connectivity index (χ1v) is 6.18. The van der Waals surface area contributed by atoms with Gasteiger partial charge >= 0.3 is 6.18 Å². The van der Waals surface area contributed by atoms with Crippen molar-refractivity contribution in [3.8, 4) is 5.75 Å². The Labute approximate surface area is 108 Å².